The van der Waals surface area contributed by atoms with Crippen molar-refractivity contribution < 1.29 is 5.21 Å². The van der Waals surface area contributed by atoms with Gasteiger partial charge in [-0.15, -0.1) is 0 Å². The third-order valence-electron chi connectivity index (χ3n) is 2.22. The number of nitrogens with zero attached hydrogens (tertiary/aromatic N) is 1. The molecule has 0 saturated heterocycles. The third kappa shape index (κ3) is 0.833. The van der Waals surface area contributed by atoms with Gasteiger partial charge in [0.1, 0.15) is 0 Å². The van der Waals surface area contributed by atoms with E-state index in [1.54, 1.807) is 6.20 Å². The second-order valence-corrected chi connectivity index (χ2v) is 3.13. The van der Waals surface area contributed by atoms with Crippen molar-refractivity contribution in [1.82, 2.24) is 5.06 Å². The summed E-state index contributed by atoms with van der Waals surface area (Å²) in [5, 5.41) is 10.4. The van der Waals surface area contributed by atoms with Crippen LogP contribution >= 0.6 is 0 Å². The molecule has 1 aliphatic rings. The third-order valence-corrected chi connectivity index (χ3v) is 2.22. The van der Waals surface area contributed by atoms with Crippen LogP contribution in [0, 0.1) is 5.92 Å². The fourth-order valence-electron chi connectivity index (χ4n) is 0.847. The van der Waals surface area contributed by atoms with Gasteiger partial charge in [-0.25, -0.2) is 0 Å². The lowest BCUT2D eigenvalue weighted by Gasteiger charge is -2.30. The van der Waals surface area contributed by atoms with Gasteiger partial charge >= 0.3 is 0 Å². The van der Waals surface area contributed by atoms with Crippen LogP contribution in [0.15, 0.2) is 12.3 Å². The Kier molecular flexibility index (Phi) is 1.28. The number of rotatable bonds is 0. The average molecular weight is 127 g/mol. The summed E-state index contributed by atoms with van der Waals surface area (Å²) in [5.41, 5.74) is -0.111. The summed E-state index contributed by atoms with van der Waals surface area (Å²) in [6.07, 6.45) is 3.71. The summed E-state index contributed by atoms with van der Waals surface area (Å²) in [4.78, 5) is 0. The van der Waals surface area contributed by atoms with Crippen molar-refractivity contribution in [3.63, 3.8) is 0 Å². The van der Waals surface area contributed by atoms with Crippen molar-refractivity contribution in [1.29, 1.82) is 0 Å². The SMILES string of the molecule is CC1C=CN(O)C1(C)C. The van der Waals surface area contributed by atoms with Gasteiger partial charge in [-0.2, -0.15) is 0 Å². The van der Waals surface area contributed by atoms with E-state index in [4.69, 9.17) is 0 Å². The maximum Gasteiger partial charge on any atom is 0.0668 e. The van der Waals surface area contributed by atoms with Crippen molar-refractivity contribution in [3.8, 4) is 0 Å². The molecule has 1 heterocycles. The Balaban J connectivity index is 2.76. The van der Waals surface area contributed by atoms with E-state index in [1.165, 1.54) is 5.06 Å². The largest absolute Gasteiger partial charge is 0.288 e. The fourth-order valence-corrected chi connectivity index (χ4v) is 0.847. The molecule has 0 saturated carbocycles. The Hall–Kier alpha value is -0.500. The Morgan fingerprint density at radius 1 is 1.56 bits per heavy atom. The van der Waals surface area contributed by atoms with Crippen LogP contribution < -0.4 is 0 Å². The number of hydrogen-bond donors (Lipinski definition) is 1. The van der Waals surface area contributed by atoms with Crippen LogP contribution in [-0.2, 0) is 0 Å². The van der Waals surface area contributed by atoms with E-state index in [1.807, 2.05) is 19.9 Å². The Morgan fingerprint density at radius 3 is 2.22 bits per heavy atom. The number of hydroxylamine groups is 2. The van der Waals surface area contributed by atoms with Gasteiger partial charge in [0.15, 0.2) is 0 Å². The molecule has 1 unspecified atom stereocenters. The monoisotopic (exact) mass is 127 g/mol. The average Bonchev–Trinajstić information content (AvgIpc) is 1.96. The molecule has 0 radical (unpaired) electrons. The molecule has 2 nitrogen and oxygen atoms in total. The van der Waals surface area contributed by atoms with Crippen LogP contribution in [0.2, 0.25) is 0 Å². The molecule has 0 aromatic heterocycles. The summed E-state index contributed by atoms with van der Waals surface area (Å²) < 4.78 is 0. The first-order valence-corrected chi connectivity index (χ1v) is 3.21. The molecule has 0 spiro atoms. The summed E-state index contributed by atoms with van der Waals surface area (Å²) >= 11 is 0. The highest BCUT2D eigenvalue weighted by molar-refractivity contribution is 5.05. The molecule has 0 amide bonds. The molecular formula is C7H13NO. The van der Waals surface area contributed by atoms with E-state index in [0.29, 0.717) is 5.92 Å². The predicted octanol–water partition coefficient (Wildman–Crippen LogP) is 1.62. The lowest BCUT2D eigenvalue weighted by atomic mass is 9.92. The van der Waals surface area contributed by atoms with Crippen LogP contribution in [0.1, 0.15) is 20.8 Å². The maximum absolute atomic E-state index is 9.17. The molecule has 9 heavy (non-hydrogen) atoms. The highest BCUT2D eigenvalue weighted by Gasteiger charge is 2.32. The van der Waals surface area contributed by atoms with Gasteiger partial charge < -0.3 is 0 Å². The van der Waals surface area contributed by atoms with E-state index >= 15 is 0 Å². The van der Waals surface area contributed by atoms with E-state index in [0.717, 1.165) is 0 Å². The zero-order valence-corrected chi connectivity index (χ0v) is 6.13. The summed E-state index contributed by atoms with van der Waals surface area (Å²) in [5.74, 6) is 0.433. The van der Waals surface area contributed by atoms with Crippen LogP contribution in [0.4, 0.5) is 0 Å². The summed E-state index contributed by atoms with van der Waals surface area (Å²) in [6.45, 7) is 6.11. The summed E-state index contributed by atoms with van der Waals surface area (Å²) in [6, 6.07) is 0. The molecule has 2 heteroatoms. The Bertz CT molecular complexity index is 126. The van der Waals surface area contributed by atoms with Crippen molar-refractivity contribution in [2.45, 2.75) is 26.3 Å². The lowest BCUT2D eigenvalue weighted by molar-refractivity contribution is -0.117. The van der Waals surface area contributed by atoms with Crippen LogP contribution in [0.5, 0.6) is 0 Å². The summed E-state index contributed by atoms with van der Waals surface area (Å²) in [7, 11) is 0. The Morgan fingerprint density at radius 2 is 2.11 bits per heavy atom. The first-order chi connectivity index (χ1) is 4.05. The Labute approximate surface area is 55.7 Å². The molecule has 1 aliphatic heterocycles. The van der Waals surface area contributed by atoms with Gasteiger partial charge in [0.05, 0.1) is 5.54 Å². The molecule has 0 bridgehead atoms. The molecule has 1 N–H and O–H groups in total. The minimum atomic E-state index is -0.111. The van der Waals surface area contributed by atoms with E-state index < -0.39 is 0 Å². The molecule has 0 aromatic rings. The minimum absolute atomic E-state index is 0.111. The van der Waals surface area contributed by atoms with Crippen molar-refractivity contribution in [2.24, 2.45) is 5.92 Å². The highest BCUT2D eigenvalue weighted by Crippen LogP contribution is 2.29. The van der Waals surface area contributed by atoms with Crippen LogP contribution in [-0.4, -0.2) is 15.8 Å². The minimum Gasteiger partial charge on any atom is -0.288 e. The van der Waals surface area contributed by atoms with E-state index in [2.05, 4.69) is 6.92 Å². The maximum atomic E-state index is 9.17. The molecular weight excluding hydrogens is 114 g/mol. The van der Waals surface area contributed by atoms with Crippen molar-refractivity contribution >= 4 is 0 Å². The standard InChI is InChI=1S/C7H13NO/c1-6-4-5-8(9)7(6,2)3/h4-6,9H,1-3H3. The molecule has 0 aromatic carbocycles. The first kappa shape index (κ1) is 6.62. The zero-order valence-electron chi connectivity index (χ0n) is 6.13. The fraction of sp³-hybridized carbons (Fsp3) is 0.714. The molecule has 1 rings (SSSR count). The van der Waals surface area contributed by atoms with E-state index in [9.17, 15) is 5.21 Å². The van der Waals surface area contributed by atoms with Crippen molar-refractivity contribution in [2.75, 3.05) is 0 Å². The van der Waals surface area contributed by atoms with Gasteiger partial charge in [0.25, 0.3) is 0 Å². The lowest BCUT2D eigenvalue weighted by Crippen LogP contribution is -2.38. The van der Waals surface area contributed by atoms with Gasteiger partial charge in [0.2, 0.25) is 0 Å². The number of hydrogen-bond acceptors (Lipinski definition) is 2. The second kappa shape index (κ2) is 1.74. The quantitative estimate of drug-likeness (QED) is 0.534. The van der Waals surface area contributed by atoms with E-state index in [-0.39, 0.29) is 5.54 Å². The zero-order chi connectivity index (χ0) is 7.07. The molecule has 0 fully saturated rings. The van der Waals surface area contributed by atoms with Gasteiger partial charge in [0, 0.05) is 12.1 Å². The van der Waals surface area contributed by atoms with Crippen LogP contribution in [0.25, 0.3) is 0 Å². The smallest absolute Gasteiger partial charge is 0.0668 e. The highest BCUT2D eigenvalue weighted by atomic mass is 16.5. The van der Waals surface area contributed by atoms with Gasteiger partial charge in [-0.3, -0.25) is 10.3 Å². The predicted molar refractivity (Wildman–Crippen MR) is 36.0 cm³/mol. The van der Waals surface area contributed by atoms with Gasteiger partial charge in [-0.05, 0) is 13.8 Å². The molecule has 1 atom stereocenters. The topological polar surface area (TPSA) is 23.5 Å². The first-order valence-electron chi connectivity index (χ1n) is 3.21. The van der Waals surface area contributed by atoms with Crippen LogP contribution in [0.3, 0.4) is 0 Å². The normalized spacial score (nSPS) is 31.6. The second-order valence-electron chi connectivity index (χ2n) is 3.13. The van der Waals surface area contributed by atoms with Gasteiger partial charge in [-0.1, -0.05) is 13.0 Å². The molecule has 52 valence electrons. The molecule has 0 aliphatic carbocycles. The van der Waals surface area contributed by atoms with Crippen molar-refractivity contribution in [3.05, 3.63) is 12.3 Å².